The van der Waals surface area contributed by atoms with Crippen LogP contribution in [0.25, 0.3) is 0 Å². The standard InChI is InChI=1S/C18H24O3/c1-18(2)9-4-3-6-14(18)17(19)13-7-8-15-16(12-13)21-11-5-10-20-15/h7-8,12,14H,3-6,9-11H2,1-2H3. The zero-order chi connectivity index (χ0) is 14.9. The molecule has 1 unspecified atom stereocenters. The molecule has 1 aliphatic carbocycles. The first kappa shape index (κ1) is 14.4. The third-order valence-electron chi connectivity index (χ3n) is 4.86. The molecule has 0 saturated heterocycles. The number of Topliss-reactive ketones (excluding diaryl/α,β-unsaturated/α-hetero) is 1. The predicted molar refractivity (Wildman–Crippen MR) is 82.1 cm³/mol. The lowest BCUT2D eigenvalue weighted by molar-refractivity contribution is 0.0697. The van der Waals surface area contributed by atoms with Crippen molar-refractivity contribution >= 4 is 5.78 Å². The Bertz CT molecular complexity index is 533. The lowest BCUT2D eigenvalue weighted by Gasteiger charge is -2.37. The summed E-state index contributed by atoms with van der Waals surface area (Å²) < 4.78 is 11.3. The van der Waals surface area contributed by atoms with Gasteiger partial charge in [-0.3, -0.25) is 4.79 Å². The Morgan fingerprint density at radius 1 is 1.10 bits per heavy atom. The van der Waals surface area contributed by atoms with Crippen LogP contribution in [0.15, 0.2) is 18.2 Å². The van der Waals surface area contributed by atoms with Crippen molar-refractivity contribution in [3.63, 3.8) is 0 Å². The van der Waals surface area contributed by atoms with Crippen molar-refractivity contribution in [1.29, 1.82) is 0 Å². The van der Waals surface area contributed by atoms with E-state index in [1.54, 1.807) is 0 Å². The monoisotopic (exact) mass is 288 g/mol. The van der Waals surface area contributed by atoms with Gasteiger partial charge in [-0.05, 0) is 36.5 Å². The summed E-state index contributed by atoms with van der Waals surface area (Å²) in [6.45, 7) is 5.77. The summed E-state index contributed by atoms with van der Waals surface area (Å²) in [4.78, 5) is 12.9. The number of benzene rings is 1. The molecule has 21 heavy (non-hydrogen) atoms. The van der Waals surface area contributed by atoms with Crippen molar-refractivity contribution in [3.8, 4) is 11.5 Å². The maximum Gasteiger partial charge on any atom is 0.166 e. The van der Waals surface area contributed by atoms with Gasteiger partial charge >= 0.3 is 0 Å². The zero-order valence-corrected chi connectivity index (χ0v) is 13.0. The Balaban J connectivity index is 1.86. The van der Waals surface area contributed by atoms with Crippen molar-refractivity contribution in [1.82, 2.24) is 0 Å². The Hall–Kier alpha value is -1.51. The van der Waals surface area contributed by atoms with Crippen molar-refractivity contribution in [2.75, 3.05) is 13.2 Å². The first-order valence-electron chi connectivity index (χ1n) is 8.02. The molecule has 3 rings (SSSR count). The van der Waals surface area contributed by atoms with Crippen LogP contribution in [0.1, 0.15) is 56.3 Å². The quantitative estimate of drug-likeness (QED) is 0.763. The van der Waals surface area contributed by atoms with Crippen LogP contribution >= 0.6 is 0 Å². The molecular weight excluding hydrogens is 264 g/mol. The van der Waals surface area contributed by atoms with Crippen LogP contribution in [-0.2, 0) is 0 Å². The SMILES string of the molecule is CC1(C)CCCCC1C(=O)c1ccc2c(c1)OCCCO2. The van der Waals surface area contributed by atoms with Crippen molar-refractivity contribution < 1.29 is 14.3 Å². The van der Waals surface area contributed by atoms with Crippen LogP contribution in [-0.4, -0.2) is 19.0 Å². The van der Waals surface area contributed by atoms with E-state index in [2.05, 4.69) is 13.8 Å². The van der Waals surface area contributed by atoms with E-state index in [0.717, 1.165) is 37.0 Å². The molecule has 1 fully saturated rings. The summed E-state index contributed by atoms with van der Waals surface area (Å²) in [5, 5.41) is 0. The van der Waals surface area contributed by atoms with Crippen LogP contribution in [0, 0.1) is 11.3 Å². The lowest BCUT2D eigenvalue weighted by Crippen LogP contribution is -2.34. The van der Waals surface area contributed by atoms with Gasteiger partial charge in [-0.15, -0.1) is 0 Å². The molecule has 2 aliphatic rings. The van der Waals surface area contributed by atoms with E-state index in [9.17, 15) is 4.79 Å². The molecule has 1 aliphatic heterocycles. The van der Waals surface area contributed by atoms with E-state index in [1.165, 1.54) is 6.42 Å². The molecule has 0 N–H and O–H groups in total. The highest BCUT2D eigenvalue weighted by molar-refractivity contribution is 5.99. The van der Waals surface area contributed by atoms with Crippen LogP contribution in [0.5, 0.6) is 11.5 Å². The van der Waals surface area contributed by atoms with Crippen molar-refractivity contribution in [2.45, 2.75) is 46.0 Å². The van der Waals surface area contributed by atoms with Gasteiger partial charge in [-0.25, -0.2) is 0 Å². The van der Waals surface area contributed by atoms with Crippen LogP contribution < -0.4 is 9.47 Å². The molecule has 0 radical (unpaired) electrons. The fourth-order valence-corrected chi connectivity index (χ4v) is 3.50. The molecule has 1 aromatic carbocycles. The number of ether oxygens (including phenoxy) is 2. The fourth-order valence-electron chi connectivity index (χ4n) is 3.50. The van der Waals surface area contributed by atoms with Gasteiger partial charge in [0.2, 0.25) is 0 Å². The molecule has 3 heteroatoms. The number of hydrogen-bond acceptors (Lipinski definition) is 3. The van der Waals surface area contributed by atoms with Gasteiger partial charge in [0, 0.05) is 17.9 Å². The molecule has 3 nitrogen and oxygen atoms in total. The van der Waals surface area contributed by atoms with Gasteiger partial charge in [0.1, 0.15) is 0 Å². The summed E-state index contributed by atoms with van der Waals surface area (Å²) in [6, 6.07) is 5.64. The maximum atomic E-state index is 12.9. The van der Waals surface area contributed by atoms with Gasteiger partial charge in [0.15, 0.2) is 17.3 Å². The van der Waals surface area contributed by atoms with E-state index in [4.69, 9.17) is 9.47 Å². The molecule has 0 amide bonds. The average Bonchev–Trinajstić information content (AvgIpc) is 2.70. The van der Waals surface area contributed by atoms with Crippen molar-refractivity contribution in [2.24, 2.45) is 11.3 Å². The summed E-state index contributed by atoms with van der Waals surface area (Å²) in [5.74, 6) is 1.85. The molecule has 1 saturated carbocycles. The van der Waals surface area contributed by atoms with E-state index < -0.39 is 0 Å². The summed E-state index contributed by atoms with van der Waals surface area (Å²) in [5.41, 5.74) is 0.860. The largest absolute Gasteiger partial charge is 0.490 e. The van der Waals surface area contributed by atoms with Crippen LogP contribution in [0.4, 0.5) is 0 Å². The Morgan fingerprint density at radius 2 is 1.86 bits per heavy atom. The zero-order valence-electron chi connectivity index (χ0n) is 13.0. The van der Waals surface area contributed by atoms with Crippen molar-refractivity contribution in [3.05, 3.63) is 23.8 Å². The van der Waals surface area contributed by atoms with E-state index >= 15 is 0 Å². The first-order valence-corrected chi connectivity index (χ1v) is 8.02. The first-order chi connectivity index (χ1) is 10.1. The van der Waals surface area contributed by atoms with Gasteiger partial charge in [0.25, 0.3) is 0 Å². The van der Waals surface area contributed by atoms with E-state index in [1.807, 2.05) is 18.2 Å². The Labute approximate surface area is 126 Å². The second kappa shape index (κ2) is 5.70. The molecule has 0 spiro atoms. The minimum absolute atomic E-state index is 0.0967. The van der Waals surface area contributed by atoms with Gasteiger partial charge in [-0.1, -0.05) is 26.7 Å². The minimum atomic E-state index is 0.0967. The van der Waals surface area contributed by atoms with Gasteiger partial charge < -0.3 is 9.47 Å². The molecule has 114 valence electrons. The van der Waals surface area contributed by atoms with Crippen LogP contribution in [0.2, 0.25) is 0 Å². The number of rotatable bonds is 2. The van der Waals surface area contributed by atoms with Gasteiger partial charge in [-0.2, -0.15) is 0 Å². The highest BCUT2D eigenvalue weighted by Gasteiger charge is 2.37. The highest BCUT2D eigenvalue weighted by Crippen LogP contribution is 2.43. The highest BCUT2D eigenvalue weighted by atomic mass is 16.5. The number of fused-ring (bicyclic) bond motifs is 1. The smallest absolute Gasteiger partial charge is 0.166 e. The number of carbonyl (C=O) groups is 1. The third kappa shape index (κ3) is 2.92. The summed E-state index contributed by atoms with van der Waals surface area (Å²) in [7, 11) is 0. The minimum Gasteiger partial charge on any atom is -0.490 e. The van der Waals surface area contributed by atoms with Crippen LogP contribution in [0.3, 0.4) is 0 Å². The third-order valence-corrected chi connectivity index (χ3v) is 4.86. The Kier molecular flexibility index (Phi) is 3.92. The summed E-state index contributed by atoms with van der Waals surface area (Å²) >= 11 is 0. The van der Waals surface area contributed by atoms with Gasteiger partial charge in [0.05, 0.1) is 13.2 Å². The average molecular weight is 288 g/mol. The number of hydrogen-bond donors (Lipinski definition) is 0. The lowest BCUT2D eigenvalue weighted by atomic mass is 9.66. The molecule has 1 heterocycles. The molecule has 0 bridgehead atoms. The number of carbonyl (C=O) groups excluding carboxylic acids is 1. The normalized spacial score (nSPS) is 24.2. The van der Waals surface area contributed by atoms with E-state index in [0.29, 0.717) is 19.0 Å². The molecule has 0 aromatic heterocycles. The molecule has 1 atom stereocenters. The topological polar surface area (TPSA) is 35.5 Å². The summed E-state index contributed by atoms with van der Waals surface area (Å²) in [6.07, 6.45) is 5.41. The number of ketones is 1. The molecule has 1 aromatic rings. The second-order valence-electron chi connectivity index (χ2n) is 6.86. The van der Waals surface area contributed by atoms with E-state index in [-0.39, 0.29) is 17.1 Å². The second-order valence-corrected chi connectivity index (χ2v) is 6.86. The predicted octanol–water partition coefficient (Wildman–Crippen LogP) is 4.25. The molecular formula is C18H24O3. The fraction of sp³-hybridized carbons (Fsp3) is 0.611. The Morgan fingerprint density at radius 3 is 2.62 bits per heavy atom. The maximum absolute atomic E-state index is 12.9.